The third-order valence-electron chi connectivity index (χ3n) is 2.88. The van der Waals surface area contributed by atoms with Gasteiger partial charge in [-0.1, -0.05) is 40.9 Å². The summed E-state index contributed by atoms with van der Waals surface area (Å²) < 4.78 is 5.61. The Labute approximate surface area is 132 Å². The van der Waals surface area contributed by atoms with Crippen LogP contribution in [-0.2, 0) is 0 Å². The summed E-state index contributed by atoms with van der Waals surface area (Å²) in [6.07, 6.45) is 1.75. The third kappa shape index (κ3) is 3.55. The molecule has 2 aromatic rings. The SMILES string of the molecule is CNC(C)c1ccc(Oc2cc(Cl)c(Cl)cc2Cl)nc1. The molecule has 0 aliphatic heterocycles. The Kier molecular flexibility index (Phi) is 5.11. The number of benzene rings is 1. The Hall–Kier alpha value is -1.000. The molecule has 0 amide bonds. The molecule has 2 rings (SSSR count). The quantitative estimate of drug-likeness (QED) is 0.790. The van der Waals surface area contributed by atoms with E-state index in [1.165, 1.54) is 6.07 Å². The van der Waals surface area contributed by atoms with E-state index in [-0.39, 0.29) is 6.04 Å². The summed E-state index contributed by atoms with van der Waals surface area (Å²) in [6.45, 7) is 2.05. The van der Waals surface area contributed by atoms with E-state index in [9.17, 15) is 0 Å². The first-order valence-electron chi connectivity index (χ1n) is 5.97. The predicted molar refractivity (Wildman–Crippen MR) is 83.3 cm³/mol. The first kappa shape index (κ1) is 15.4. The summed E-state index contributed by atoms with van der Waals surface area (Å²) in [5, 5.41) is 4.29. The molecule has 1 unspecified atom stereocenters. The molecule has 0 aliphatic rings. The van der Waals surface area contributed by atoms with Crippen LogP contribution < -0.4 is 10.1 Å². The fraction of sp³-hybridized carbons (Fsp3) is 0.214. The van der Waals surface area contributed by atoms with Crippen LogP contribution in [0, 0.1) is 0 Å². The molecule has 0 spiro atoms. The van der Waals surface area contributed by atoms with Crippen molar-refractivity contribution >= 4 is 34.8 Å². The standard InChI is InChI=1S/C14H13Cl3N2O/c1-8(18-2)9-3-4-14(19-7-9)20-13-6-11(16)10(15)5-12(13)17/h3-8,18H,1-2H3. The smallest absolute Gasteiger partial charge is 0.219 e. The highest BCUT2D eigenvalue weighted by Crippen LogP contribution is 2.35. The van der Waals surface area contributed by atoms with E-state index in [0.717, 1.165) is 5.56 Å². The minimum atomic E-state index is 0.227. The number of ether oxygens (including phenoxy) is 1. The minimum Gasteiger partial charge on any atom is -0.437 e. The second kappa shape index (κ2) is 6.64. The monoisotopic (exact) mass is 330 g/mol. The number of hydrogen-bond donors (Lipinski definition) is 1. The molecule has 1 aromatic carbocycles. The Balaban J connectivity index is 2.20. The largest absolute Gasteiger partial charge is 0.437 e. The zero-order valence-corrected chi connectivity index (χ0v) is 13.2. The van der Waals surface area contributed by atoms with Gasteiger partial charge in [-0.2, -0.15) is 0 Å². The number of aromatic nitrogens is 1. The van der Waals surface area contributed by atoms with E-state index in [0.29, 0.717) is 26.7 Å². The van der Waals surface area contributed by atoms with Crippen molar-refractivity contribution in [1.29, 1.82) is 0 Å². The molecular formula is C14H13Cl3N2O. The van der Waals surface area contributed by atoms with Crippen LogP contribution in [0.2, 0.25) is 15.1 Å². The van der Waals surface area contributed by atoms with Crippen molar-refractivity contribution < 1.29 is 4.74 Å². The minimum absolute atomic E-state index is 0.227. The van der Waals surface area contributed by atoms with Crippen molar-refractivity contribution in [2.75, 3.05) is 7.05 Å². The number of rotatable bonds is 4. The van der Waals surface area contributed by atoms with Crippen molar-refractivity contribution in [2.24, 2.45) is 0 Å². The van der Waals surface area contributed by atoms with Crippen molar-refractivity contribution in [1.82, 2.24) is 10.3 Å². The van der Waals surface area contributed by atoms with Crippen LogP contribution in [0.1, 0.15) is 18.5 Å². The van der Waals surface area contributed by atoms with E-state index in [1.807, 2.05) is 20.0 Å². The molecule has 20 heavy (non-hydrogen) atoms. The first-order chi connectivity index (χ1) is 9.51. The summed E-state index contributed by atoms with van der Waals surface area (Å²) >= 11 is 17.9. The Morgan fingerprint density at radius 1 is 1.10 bits per heavy atom. The summed E-state index contributed by atoms with van der Waals surface area (Å²) in [7, 11) is 1.89. The molecule has 1 aromatic heterocycles. The lowest BCUT2D eigenvalue weighted by atomic mass is 10.1. The molecule has 6 heteroatoms. The van der Waals surface area contributed by atoms with Gasteiger partial charge in [-0.25, -0.2) is 4.98 Å². The molecule has 1 heterocycles. The Morgan fingerprint density at radius 3 is 2.40 bits per heavy atom. The number of hydrogen-bond acceptors (Lipinski definition) is 3. The van der Waals surface area contributed by atoms with Crippen molar-refractivity contribution in [2.45, 2.75) is 13.0 Å². The summed E-state index contributed by atoms with van der Waals surface area (Å²) in [4.78, 5) is 4.24. The summed E-state index contributed by atoms with van der Waals surface area (Å²) in [5.41, 5.74) is 1.07. The Bertz CT molecular complexity index is 602. The molecular weight excluding hydrogens is 319 g/mol. The van der Waals surface area contributed by atoms with Gasteiger partial charge in [0.05, 0.1) is 15.1 Å². The van der Waals surface area contributed by atoms with E-state index < -0.39 is 0 Å². The van der Waals surface area contributed by atoms with Gasteiger partial charge in [0.25, 0.3) is 0 Å². The second-order valence-corrected chi connectivity index (χ2v) is 5.46. The molecule has 0 radical (unpaired) electrons. The van der Waals surface area contributed by atoms with Crippen LogP contribution in [0.15, 0.2) is 30.5 Å². The average Bonchev–Trinajstić information content (AvgIpc) is 2.44. The van der Waals surface area contributed by atoms with Crippen LogP contribution in [-0.4, -0.2) is 12.0 Å². The number of pyridine rings is 1. The lowest BCUT2D eigenvalue weighted by molar-refractivity contribution is 0.462. The molecule has 3 nitrogen and oxygen atoms in total. The maximum atomic E-state index is 6.05. The van der Waals surface area contributed by atoms with Gasteiger partial charge < -0.3 is 10.1 Å². The third-order valence-corrected chi connectivity index (χ3v) is 3.90. The maximum absolute atomic E-state index is 6.05. The molecule has 106 valence electrons. The number of halogens is 3. The van der Waals surface area contributed by atoms with Gasteiger partial charge in [0.15, 0.2) is 0 Å². The van der Waals surface area contributed by atoms with Gasteiger partial charge in [0, 0.05) is 24.4 Å². The predicted octanol–water partition coefficient (Wildman–Crippen LogP) is 5.11. The van der Waals surface area contributed by atoms with Crippen molar-refractivity contribution in [3.63, 3.8) is 0 Å². The molecule has 0 saturated heterocycles. The van der Waals surface area contributed by atoms with Gasteiger partial charge in [0.2, 0.25) is 5.88 Å². The molecule has 1 N–H and O–H groups in total. The summed E-state index contributed by atoms with van der Waals surface area (Å²) in [5.74, 6) is 0.861. The fourth-order valence-corrected chi connectivity index (χ4v) is 2.15. The topological polar surface area (TPSA) is 34.1 Å². The van der Waals surface area contributed by atoms with E-state index in [2.05, 4.69) is 10.3 Å². The number of nitrogens with zero attached hydrogens (tertiary/aromatic N) is 1. The molecule has 0 fully saturated rings. The lowest BCUT2D eigenvalue weighted by Crippen LogP contribution is -2.12. The van der Waals surface area contributed by atoms with Gasteiger partial charge in [-0.15, -0.1) is 0 Å². The first-order valence-corrected chi connectivity index (χ1v) is 7.10. The van der Waals surface area contributed by atoms with E-state index in [4.69, 9.17) is 39.5 Å². The lowest BCUT2D eigenvalue weighted by Gasteiger charge is -2.11. The van der Waals surface area contributed by atoms with Crippen molar-refractivity contribution in [3.8, 4) is 11.6 Å². The van der Waals surface area contributed by atoms with Crippen LogP contribution in [0.5, 0.6) is 11.6 Å². The molecule has 0 aliphatic carbocycles. The Morgan fingerprint density at radius 2 is 1.80 bits per heavy atom. The van der Waals surface area contributed by atoms with Crippen molar-refractivity contribution in [3.05, 3.63) is 51.1 Å². The normalized spacial score (nSPS) is 12.2. The zero-order valence-electron chi connectivity index (χ0n) is 11.0. The highest BCUT2D eigenvalue weighted by molar-refractivity contribution is 6.43. The second-order valence-electron chi connectivity index (χ2n) is 4.24. The van der Waals surface area contributed by atoms with Gasteiger partial charge in [-0.05, 0) is 25.6 Å². The van der Waals surface area contributed by atoms with Gasteiger partial charge in [0.1, 0.15) is 5.75 Å². The van der Waals surface area contributed by atoms with Crippen LogP contribution in [0.4, 0.5) is 0 Å². The maximum Gasteiger partial charge on any atom is 0.219 e. The molecule has 0 saturated carbocycles. The summed E-state index contributed by atoms with van der Waals surface area (Å²) in [6, 6.07) is 7.05. The number of nitrogens with one attached hydrogen (secondary N) is 1. The molecule has 1 atom stereocenters. The highest BCUT2D eigenvalue weighted by atomic mass is 35.5. The highest BCUT2D eigenvalue weighted by Gasteiger charge is 2.09. The van der Waals surface area contributed by atoms with E-state index in [1.54, 1.807) is 18.3 Å². The fourth-order valence-electron chi connectivity index (χ4n) is 1.57. The zero-order chi connectivity index (χ0) is 14.7. The molecule has 0 bridgehead atoms. The van der Waals surface area contributed by atoms with Crippen LogP contribution >= 0.6 is 34.8 Å². The van der Waals surface area contributed by atoms with Gasteiger partial charge >= 0.3 is 0 Å². The van der Waals surface area contributed by atoms with E-state index >= 15 is 0 Å². The van der Waals surface area contributed by atoms with Crippen LogP contribution in [0.3, 0.4) is 0 Å². The van der Waals surface area contributed by atoms with Crippen LogP contribution in [0.25, 0.3) is 0 Å². The van der Waals surface area contributed by atoms with Gasteiger partial charge in [-0.3, -0.25) is 0 Å². The average molecular weight is 332 g/mol.